The molecule has 0 amide bonds. The number of benzene rings is 2. The first-order valence-corrected chi connectivity index (χ1v) is 12.3. The Morgan fingerprint density at radius 3 is 2.13 bits per heavy atom. The Labute approximate surface area is 217 Å². The Bertz CT molecular complexity index is 1130. The Morgan fingerprint density at radius 1 is 0.947 bits per heavy atom. The number of alkyl halides is 6. The van der Waals surface area contributed by atoms with Crippen molar-refractivity contribution in [2.45, 2.75) is 82.9 Å². The minimum atomic E-state index is -6.05. The van der Waals surface area contributed by atoms with E-state index in [4.69, 9.17) is 4.74 Å². The zero-order valence-corrected chi connectivity index (χ0v) is 21.5. The van der Waals surface area contributed by atoms with E-state index in [2.05, 4.69) is 0 Å². The summed E-state index contributed by atoms with van der Waals surface area (Å²) in [7, 11) is 0. The number of halogens is 7. The van der Waals surface area contributed by atoms with E-state index in [1.54, 1.807) is 20.8 Å². The van der Waals surface area contributed by atoms with Crippen LogP contribution >= 0.6 is 0 Å². The van der Waals surface area contributed by atoms with E-state index >= 15 is 0 Å². The van der Waals surface area contributed by atoms with Gasteiger partial charge in [0.25, 0.3) is 5.60 Å². The monoisotopic (exact) mass is 548 g/mol. The van der Waals surface area contributed by atoms with E-state index in [0.717, 1.165) is 18.2 Å². The van der Waals surface area contributed by atoms with Crippen molar-refractivity contribution >= 4 is 5.97 Å². The van der Waals surface area contributed by atoms with E-state index < -0.39 is 40.9 Å². The molecule has 0 heterocycles. The second-order valence-corrected chi connectivity index (χ2v) is 11.0. The molecule has 1 aliphatic carbocycles. The van der Waals surface area contributed by atoms with Crippen molar-refractivity contribution < 1.29 is 45.4 Å². The molecular formula is C28H31F7O3. The van der Waals surface area contributed by atoms with Gasteiger partial charge >= 0.3 is 18.3 Å². The van der Waals surface area contributed by atoms with Crippen molar-refractivity contribution in [1.29, 1.82) is 0 Å². The fraction of sp³-hybridized carbons (Fsp3) is 0.536. The lowest BCUT2D eigenvalue weighted by Crippen LogP contribution is -2.53. The average molecular weight is 549 g/mol. The summed E-state index contributed by atoms with van der Waals surface area (Å²) in [5, 5.41) is 9.99. The van der Waals surface area contributed by atoms with Crippen molar-refractivity contribution in [3.63, 3.8) is 0 Å². The summed E-state index contributed by atoms with van der Waals surface area (Å²) in [6, 6.07) is 7.23. The van der Waals surface area contributed by atoms with E-state index in [-0.39, 0.29) is 28.9 Å². The first-order valence-electron chi connectivity index (χ1n) is 12.3. The Balaban J connectivity index is 2.11. The number of hydrogen-bond acceptors (Lipinski definition) is 3. The second-order valence-electron chi connectivity index (χ2n) is 11.0. The maximum absolute atomic E-state index is 14.1. The van der Waals surface area contributed by atoms with Gasteiger partial charge in [0.05, 0.1) is 5.92 Å². The molecule has 0 saturated heterocycles. The highest BCUT2D eigenvalue weighted by molar-refractivity contribution is 5.73. The van der Waals surface area contributed by atoms with Gasteiger partial charge in [-0.1, -0.05) is 37.6 Å². The summed E-state index contributed by atoms with van der Waals surface area (Å²) in [6.07, 6.45) is -10.1. The maximum Gasteiger partial charge on any atom is 0.430 e. The first kappa shape index (κ1) is 29.9. The number of carbonyl (C=O) groups excluding carboxylic acids is 1. The van der Waals surface area contributed by atoms with Gasteiger partial charge in [0.1, 0.15) is 11.4 Å². The van der Waals surface area contributed by atoms with Gasteiger partial charge in [-0.2, -0.15) is 26.3 Å². The van der Waals surface area contributed by atoms with Gasteiger partial charge in [-0.25, -0.2) is 4.39 Å². The average Bonchev–Trinajstić information content (AvgIpc) is 2.97. The van der Waals surface area contributed by atoms with Crippen molar-refractivity contribution in [2.24, 2.45) is 11.8 Å². The summed E-state index contributed by atoms with van der Waals surface area (Å²) in [4.78, 5) is 12.7. The highest BCUT2D eigenvalue weighted by atomic mass is 19.4. The molecule has 3 nitrogen and oxygen atoms in total. The molecule has 1 saturated carbocycles. The molecule has 10 heteroatoms. The Hall–Kier alpha value is -2.62. The molecule has 0 bridgehead atoms. The number of ether oxygens (including phenoxy) is 1. The number of carbonyl (C=O) groups is 1. The molecule has 1 aliphatic rings. The van der Waals surface area contributed by atoms with Crippen molar-refractivity contribution in [1.82, 2.24) is 0 Å². The van der Waals surface area contributed by atoms with Crippen molar-refractivity contribution in [3.8, 4) is 11.1 Å². The van der Waals surface area contributed by atoms with Gasteiger partial charge in [-0.05, 0) is 86.8 Å². The summed E-state index contributed by atoms with van der Waals surface area (Å²) in [5.74, 6) is -2.03. The Kier molecular flexibility index (Phi) is 8.28. The molecule has 2 aromatic rings. The molecule has 0 radical (unpaired) electrons. The van der Waals surface area contributed by atoms with Crippen LogP contribution in [0.15, 0.2) is 42.5 Å². The number of hydrogen-bond donors (Lipinski definition) is 1. The number of aliphatic hydroxyl groups is 1. The topological polar surface area (TPSA) is 46.5 Å². The summed E-state index contributed by atoms with van der Waals surface area (Å²) < 4.78 is 101. The molecular weight excluding hydrogens is 517 g/mol. The zero-order valence-electron chi connectivity index (χ0n) is 21.5. The van der Waals surface area contributed by atoms with Crippen LogP contribution < -0.4 is 0 Å². The van der Waals surface area contributed by atoms with Crippen LogP contribution in [0.3, 0.4) is 0 Å². The highest BCUT2D eigenvalue weighted by Crippen LogP contribution is 2.52. The molecule has 2 aromatic carbocycles. The van der Waals surface area contributed by atoms with Crippen molar-refractivity contribution in [3.05, 3.63) is 59.4 Å². The molecule has 3 rings (SSSR count). The summed E-state index contributed by atoms with van der Waals surface area (Å²) >= 11 is 0. The quantitative estimate of drug-likeness (QED) is 0.239. The standard InChI is InChI=1S/C28H31F7O3/c1-16-13-18(24(36)38-25(2,3)4)8-6-10-21(16)22-12-11-19(26(37,27(30,31)32)28(33,34)35)15-23(22)17-7-5-9-20(29)14-17/h5,7,9,11-12,14-16,18,21,37H,6,8,10,13H2,1-4H3/t16-,18?,21-/m0/s1. The highest BCUT2D eigenvalue weighted by Gasteiger charge is 2.71. The fourth-order valence-electron chi connectivity index (χ4n) is 5.16. The predicted octanol–water partition coefficient (Wildman–Crippen LogP) is 8.06. The van der Waals surface area contributed by atoms with Crippen LogP contribution in [0.4, 0.5) is 30.7 Å². The molecule has 0 aliphatic heterocycles. The van der Waals surface area contributed by atoms with Crippen LogP contribution in [0, 0.1) is 17.7 Å². The van der Waals surface area contributed by atoms with Gasteiger partial charge < -0.3 is 9.84 Å². The third kappa shape index (κ3) is 6.16. The van der Waals surface area contributed by atoms with Gasteiger partial charge in [-0.3, -0.25) is 4.79 Å². The van der Waals surface area contributed by atoms with E-state index in [1.165, 1.54) is 12.1 Å². The first-order chi connectivity index (χ1) is 17.3. The van der Waals surface area contributed by atoms with Gasteiger partial charge in [-0.15, -0.1) is 0 Å². The fourth-order valence-corrected chi connectivity index (χ4v) is 5.16. The summed E-state index contributed by atoms with van der Waals surface area (Å²) in [5.41, 5.74) is -6.75. The molecule has 1 fully saturated rings. The normalized spacial score (nSPS) is 21.6. The van der Waals surface area contributed by atoms with E-state index in [1.807, 2.05) is 6.92 Å². The maximum atomic E-state index is 14.1. The SMILES string of the molecule is C[C@H]1CC(C(=O)OC(C)(C)C)CCC[C@@H]1c1ccc(C(O)(C(F)(F)F)C(F)(F)F)cc1-c1cccc(F)c1. The lowest BCUT2D eigenvalue weighted by atomic mass is 9.77. The molecule has 1 N–H and O–H groups in total. The largest absolute Gasteiger partial charge is 0.460 e. The molecule has 1 unspecified atom stereocenters. The van der Waals surface area contributed by atoms with Crippen LogP contribution in [0.5, 0.6) is 0 Å². The van der Waals surface area contributed by atoms with Crippen LogP contribution in [-0.4, -0.2) is 29.0 Å². The number of rotatable bonds is 4. The van der Waals surface area contributed by atoms with Crippen LogP contribution in [0.2, 0.25) is 0 Å². The lowest BCUT2D eigenvalue weighted by Gasteiger charge is -2.34. The van der Waals surface area contributed by atoms with E-state index in [0.29, 0.717) is 43.4 Å². The van der Waals surface area contributed by atoms with Gasteiger partial charge in [0, 0.05) is 5.56 Å². The zero-order chi connectivity index (χ0) is 28.7. The van der Waals surface area contributed by atoms with Gasteiger partial charge in [0.15, 0.2) is 0 Å². The summed E-state index contributed by atoms with van der Waals surface area (Å²) in [6.45, 7) is 7.12. The molecule has 0 spiro atoms. The molecule has 38 heavy (non-hydrogen) atoms. The third-order valence-corrected chi connectivity index (χ3v) is 6.98. The Morgan fingerprint density at radius 2 is 1.58 bits per heavy atom. The van der Waals surface area contributed by atoms with Gasteiger partial charge in [0.2, 0.25) is 0 Å². The number of esters is 1. The molecule has 0 aromatic heterocycles. The van der Waals surface area contributed by atoms with Crippen LogP contribution in [0.1, 0.15) is 70.4 Å². The molecule has 3 atom stereocenters. The predicted molar refractivity (Wildman–Crippen MR) is 128 cm³/mol. The van der Waals surface area contributed by atoms with E-state index in [9.17, 15) is 40.6 Å². The second kappa shape index (κ2) is 10.5. The molecule has 210 valence electrons. The lowest BCUT2D eigenvalue weighted by molar-refractivity contribution is -0.376. The van der Waals surface area contributed by atoms with Crippen molar-refractivity contribution in [2.75, 3.05) is 0 Å². The smallest absolute Gasteiger partial charge is 0.430 e. The third-order valence-electron chi connectivity index (χ3n) is 6.98. The minimum absolute atomic E-state index is 0.0403. The van der Waals surface area contributed by atoms with Crippen LogP contribution in [-0.2, 0) is 15.1 Å². The van der Waals surface area contributed by atoms with Crippen LogP contribution in [0.25, 0.3) is 11.1 Å². The minimum Gasteiger partial charge on any atom is -0.460 e.